The van der Waals surface area contributed by atoms with E-state index in [1.165, 1.54) is 35.1 Å². The molecule has 0 saturated carbocycles. The molecule has 2 aliphatic heterocycles. The van der Waals surface area contributed by atoms with Gasteiger partial charge in [-0.25, -0.2) is 4.98 Å². The summed E-state index contributed by atoms with van der Waals surface area (Å²) in [6, 6.07) is 6.67. The van der Waals surface area contributed by atoms with Gasteiger partial charge < -0.3 is 15.2 Å². The molecule has 2 unspecified atom stereocenters. The molecule has 1 aromatic heterocycles. The maximum absolute atomic E-state index is 6.45. The third-order valence-corrected chi connectivity index (χ3v) is 7.35. The Bertz CT molecular complexity index is 1050. The number of aryl methyl sites for hydroxylation is 1. The van der Waals surface area contributed by atoms with Crippen LogP contribution < -0.4 is 10.6 Å². The molecule has 2 N–H and O–H groups in total. The number of hydrogen-bond donors (Lipinski definition) is 2. The van der Waals surface area contributed by atoms with Crippen LogP contribution in [0.5, 0.6) is 0 Å². The average Bonchev–Trinajstić information content (AvgIpc) is 3.09. The molecule has 5 rings (SSSR count). The number of aromatic nitrogens is 2. The normalized spacial score (nSPS) is 24.0. The molecule has 156 valence electrons. The van der Waals surface area contributed by atoms with Crippen LogP contribution in [-0.4, -0.2) is 28.7 Å². The number of hydrogen-bond acceptors (Lipinski definition) is 3. The van der Waals surface area contributed by atoms with Crippen LogP contribution >= 0.6 is 27.5 Å². The topological polar surface area (TPSA) is 41.9 Å². The molecule has 0 amide bonds. The van der Waals surface area contributed by atoms with Crippen molar-refractivity contribution in [2.24, 2.45) is 5.92 Å². The number of benzene rings is 1. The Kier molecular flexibility index (Phi) is 5.61. The van der Waals surface area contributed by atoms with E-state index in [-0.39, 0.29) is 6.04 Å². The lowest BCUT2D eigenvalue weighted by Crippen LogP contribution is -2.42. The Morgan fingerprint density at radius 1 is 1.23 bits per heavy atom. The van der Waals surface area contributed by atoms with Crippen molar-refractivity contribution in [1.82, 2.24) is 20.2 Å². The number of dihydropyridines is 1. The maximum atomic E-state index is 6.45. The summed E-state index contributed by atoms with van der Waals surface area (Å²) in [6.07, 6.45) is 13.0. The molecule has 1 aromatic carbocycles. The molecule has 0 spiro atoms. The highest BCUT2D eigenvalue weighted by molar-refractivity contribution is 9.11. The van der Waals surface area contributed by atoms with Crippen molar-refractivity contribution in [3.8, 4) is 0 Å². The zero-order chi connectivity index (χ0) is 20.7. The summed E-state index contributed by atoms with van der Waals surface area (Å²) in [6.45, 7) is 5.02. The molecule has 2 atom stereocenters. The van der Waals surface area contributed by atoms with Gasteiger partial charge in [-0.15, -0.1) is 0 Å². The highest BCUT2D eigenvalue weighted by Crippen LogP contribution is 2.45. The van der Waals surface area contributed by atoms with Gasteiger partial charge in [0.15, 0.2) is 0 Å². The smallest absolute Gasteiger partial charge is 0.105 e. The second-order valence-electron chi connectivity index (χ2n) is 8.43. The number of piperidine rings is 1. The van der Waals surface area contributed by atoms with Crippen molar-refractivity contribution in [3.63, 3.8) is 0 Å². The number of nitrogens with zero attached hydrogens (tertiary/aromatic N) is 2. The minimum atomic E-state index is 0.243. The molecule has 1 saturated heterocycles. The number of imidazole rings is 1. The minimum absolute atomic E-state index is 0.243. The summed E-state index contributed by atoms with van der Waals surface area (Å²) in [5, 5.41) is 8.06. The Labute approximate surface area is 191 Å². The predicted molar refractivity (Wildman–Crippen MR) is 127 cm³/mol. The van der Waals surface area contributed by atoms with Gasteiger partial charge in [-0.2, -0.15) is 0 Å². The van der Waals surface area contributed by atoms with Crippen LogP contribution in [0.15, 0.2) is 58.5 Å². The van der Waals surface area contributed by atoms with Gasteiger partial charge in [0.05, 0.1) is 6.04 Å². The van der Waals surface area contributed by atoms with Crippen LogP contribution in [0.4, 0.5) is 0 Å². The summed E-state index contributed by atoms with van der Waals surface area (Å²) in [5.41, 5.74) is 5.30. The second kappa shape index (κ2) is 8.37. The van der Waals surface area contributed by atoms with Crippen molar-refractivity contribution in [1.29, 1.82) is 0 Å². The van der Waals surface area contributed by atoms with E-state index >= 15 is 0 Å². The van der Waals surface area contributed by atoms with Gasteiger partial charge in [-0.05, 0) is 101 Å². The van der Waals surface area contributed by atoms with Crippen LogP contribution in [0.3, 0.4) is 0 Å². The highest BCUT2D eigenvalue weighted by atomic mass is 79.9. The number of fused-ring (bicyclic) bond motifs is 2. The van der Waals surface area contributed by atoms with Gasteiger partial charge in [0.1, 0.15) is 5.82 Å². The SMILES string of the molecule is Cc1nccn1CC1=Cc2cc(Cl)ccc2C(C2CCNCC2)C2NC=C(Br)C=C12. The lowest BCUT2D eigenvalue weighted by Gasteiger charge is -2.39. The first-order chi connectivity index (χ1) is 14.6. The zero-order valence-corrected chi connectivity index (χ0v) is 19.4. The molecule has 3 aliphatic rings. The lowest BCUT2D eigenvalue weighted by molar-refractivity contribution is 0.289. The van der Waals surface area contributed by atoms with E-state index < -0.39 is 0 Å². The average molecular weight is 486 g/mol. The summed E-state index contributed by atoms with van der Waals surface area (Å²) < 4.78 is 3.29. The zero-order valence-electron chi connectivity index (χ0n) is 17.0. The maximum Gasteiger partial charge on any atom is 0.105 e. The molecular weight excluding hydrogens is 460 g/mol. The van der Waals surface area contributed by atoms with Gasteiger partial charge in [0.2, 0.25) is 0 Å². The third kappa shape index (κ3) is 3.79. The van der Waals surface area contributed by atoms with Crippen molar-refractivity contribution in [3.05, 3.63) is 80.5 Å². The number of allylic oxidation sites excluding steroid dienone is 2. The molecule has 6 heteroatoms. The summed E-state index contributed by atoms with van der Waals surface area (Å²) in [5.74, 6) is 2.05. The van der Waals surface area contributed by atoms with E-state index in [0.717, 1.165) is 35.0 Å². The Hall–Kier alpha value is -1.82. The van der Waals surface area contributed by atoms with Crippen LogP contribution in [0.25, 0.3) is 6.08 Å². The van der Waals surface area contributed by atoms with Crippen LogP contribution in [0.1, 0.15) is 35.7 Å². The predicted octanol–water partition coefficient (Wildman–Crippen LogP) is 5.16. The first kappa shape index (κ1) is 20.1. The number of nitrogens with one attached hydrogen (secondary N) is 2. The van der Waals surface area contributed by atoms with Crippen molar-refractivity contribution in [2.45, 2.75) is 38.3 Å². The molecule has 2 aromatic rings. The fourth-order valence-corrected chi connectivity index (χ4v) is 5.73. The molecular formula is C24H26BrClN4. The van der Waals surface area contributed by atoms with Gasteiger partial charge >= 0.3 is 0 Å². The van der Waals surface area contributed by atoms with Gasteiger partial charge in [0.25, 0.3) is 0 Å². The molecule has 0 bridgehead atoms. The second-order valence-corrected chi connectivity index (χ2v) is 9.78. The summed E-state index contributed by atoms with van der Waals surface area (Å²) >= 11 is 10.2. The van der Waals surface area contributed by atoms with Gasteiger partial charge in [0, 0.05) is 40.6 Å². The number of halogens is 2. The first-order valence-corrected chi connectivity index (χ1v) is 11.8. The molecule has 4 nitrogen and oxygen atoms in total. The molecule has 1 fully saturated rings. The van der Waals surface area contributed by atoms with Crippen LogP contribution in [0, 0.1) is 12.8 Å². The van der Waals surface area contributed by atoms with Gasteiger partial charge in [-0.3, -0.25) is 0 Å². The lowest BCUT2D eigenvalue weighted by atomic mass is 9.73. The quantitative estimate of drug-likeness (QED) is 0.631. The fraction of sp³-hybridized carbons (Fsp3) is 0.375. The van der Waals surface area contributed by atoms with E-state index in [0.29, 0.717) is 11.8 Å². The van der Waals surface area contributed by atoms with E-state index in [1.54, 1.807) is 0 Å². The standard InChI is InChI=1S/C24H26BrClN4/c1-15-28-8-9-30(15)14-18-10-17-11-20(26)2-3-21(17)23(16-4-6-27-7-5-16)24-22(18)12-19(25)13-29-24/h2-3,8-13,16,23-24,27,29H,4-7,14H2,1H3. The van der Waals surface area contributed by atoms with Crippen LogP contribution in [0.2, 0.25) is 5.02 Å². The Morgan fingerprint density at radius 2 is 2.07 bits per heavy atom. The fourth-order valence-electron chi connectivity index (χ4n) is 5.17. The van der Waals surface area contributed by atoms with E-state index in [2.05, 4.69) is 79.7 Å². The van der Waals surface area contributed by atoms with E-state index in [4.69, 9.17) is 11.6 Å². The Balaban J connectivity index is 1.65. The van der Waals surface area contributed by atoms with Crippen molar-refractivity contribution >= 4 is 33.6 Å². The van der Waals surface area contributed by atoms with Crippen molar-refractivity contribution < 1.29 is 0 Å². The molecule has 0 radical (unpaired) electrons. The van der Waals surface area contributed by atoms with Gasteiger partial charge in [-0.1, -0.05) is 17.7 Å². The van der Waals surface area contributed by atoms with E-state index in [9.17, 15) is 0 Å². The van der Waals surface area contributed by atoms with Crippen molar-refractivity contribution in [2.75, 3.05) is 13.1 Å². The molecule has 3 heterocycles. The Morgan fingerprint density at radius 3 is 2.83 bits per heavy atom. The van der Waals surface area contributed by atoms with Crippen LogP contribution in [-0.2, 0) is 6.54 Å². The monoisotopic (exact) mass is 484 g/mol. The molecule has 30 heavy (non-hydrogen) atoms. The third-order valence-electron chi connectivity index (χ3n) is 6.65. The number of rotatable bonds is 3. The highest BCUT2D eigenvalue weighted by Gasteiger charge is 2.38. The summed E-state index contributed by atoms with van der Waals surface area (Å²) in [4.78, 5) is 4.42. The van der Waals surface area contributed by atoms with E-state index in [1.807, 2.05) is 12.3 Å². The first-order valence-electron chi connectivity index (χ1n) is 10.6. The largest absolute Gasteiger partial charge is 0.383 e. The summed E-state index contributed by atoms with van der Waals surface area (Å²) in [7, 11) is 0. The minimum Gasteiger partial charge on any atom is -0.383 e. The molecule has 1 aliphatic carbocycles.